The summed E-state index contributed by atoms with van der Waals surface area (Å²) >= 11 is 0. The van der Waals surface area contributed by atoms with Crippen LogP contribution >= 0.6 is 0 Å². The molecule has 0 radical (unpaired) electrons. The second-order valence-corrected chi connectivity index (χ2v) is 8.67. The van der Waals surface area contributed by atoms with E-state index in [-0.39, 0.29) is 11.8 Å². The molecule has 0 saturated carbocycles. The number of rotatable bonds is 7. The topological polar surface area (TPSA) is 89.5 Å². The number of nitrogens with zero attached hydrogens (tertiary/aromatic N) is 1. The van der Waals surface area contributed by atoms with E-state index >= 15 is 0 Å². The standard InChI is InChI=1S/C23H34N2O6/c1-28-15-16-10-19(22-21(11-16)30-8-3-9-31-22)23(27)24-12-17-5-6-25(14-20(17)26)13-18-4-2-7-29-18/h10-11,17-18,20,26H,2-9,12-15H2,1H3,(H,24,27)/t17?,18?,20-/m1/s1. The fraction of sp³-hybridized carbons (Fsp3) is 0.696. The first-order valence-electron chi connectivity index (χ1n) is 11.4. The number of amides is 1. The van der Waals surface area contributed by atoms with Gasteiger partial charge in [0, 0.05) is 45.7 Å². The Morgan fingerprint density at radius 1 is 1.23 bits per heavy atom. The first-order valence-corrected chi connectivity index (χ1v) is 11.4. The van der Waals surface area contributed by atoms with Crippen LogP contribution in [-0.4, -0.2) is 81.2 Å². The second-order valence-electron chi connectivity index (χ2n) is 8.67. The van der Waals surface area contributed by atoms with Gasteiger partial charge in [0.25, 0.3) is 5.91 Å². The number of ether oxygens (including phenoxy) is 4. The van der Waals surface area contributed by atoms with E-state index < -0.39 is 6.10 Å². The number of piperidine rings is 1. The molecule has 3 heterocycles. The van der Waals surface area contributed by atoms with E-state index in [1.807, 2.05) is 6.07 Å². The van der Waals surface area contributed by atoms with Crippen molar-refractivity contribution in [3.05, 3.63) is 23.3 Å². The predicted octanol–water partition coefficient (Wildman–Crippen LogP) is 1.59. The van der Waals surface area contributed by atoms with Gasteiger partial charge < -0.3 is 29.4 Å². The Hall–Kier alpha value is -1.87. The summed E-state index contributed by atoms with van der Waals surface area (Å²) in [6.45, 7) is 5.14. The lowest BCUT2D eigenvalue weighted by Gasteiger charge is -2.37. The lowest BCUT2D eigenvalue weighted by molar-refractivity contribution is -0.00191. The van der Waals surface area contributed by atoms with Crippen LogP contribution < -0.4 is 14.8 Å². The van der Waals surface area contributed by atoms with Crippen molar-refractivity contribution in [2.75, 3.05) is 53.1 Å². The van der Waals surface area contributed by atoms with Crippen molar-refractivity contribution in [3.63, 3.8) is 0 Å². The van der Waals surface area contributed by atoms with Crippen molar-refractivity contribution in [2.24, 2.45) is 5.92 Å². The molecule has 2 unspecified atom stereocenters. The Kier molecular flexibility index (Phi) is 7.66. The molecule has 0 bridgehead atoms. The van der Waals surface area contributed by atoms with E-state index in [2.05, 4.69) is 10.2 Å². The molecule has 2 N–H and O–H groups in total. The number of methoxy groups -OCH3 is 1. The highest BCUT2D eigenvalue weighted by molar-refractivity contribution is 5.98. The Morgan fingerprint density at radius 3 is 2.87 bits per heavy atom. The SMILES string of the molecule is COCc1cc2c(c(C(=O)NCC3CCN(CC4CCCO4)C[C@H]3O)c1)OCCCO2. The van der Waals surface area contributed by atoms with Crippen LogP contribution in [0.4, 0.5) is 0 Å². The minimum Gasteiger partial charge on any atom is -0.490 e. The maximum Gasteiger partial charge on any atom is 0.255 e. The van der Waals surface area contributed by atoms with Crippen LogP contribution in [0.15, 0.2) is 12.1 Å². The molecule has 1 amide bonds. The Bertz CT molecular complexity index is 752. The van der Waals surface area contributed by atoms with Crippen LogP contribution in [0.25, 0.3) is 0 Å². The molecule has 4 rings (SSSR count). The Morgan fingerprint density at radius 2 is 2.10 bits per heavy atom. The van der Waals surface area contributed by atoms with Crippen LogP contribution in [-0.2, 0) is 16.1 Å². The molecule has 3 atom stereocenters. The molecule has 2 saturated heterocycles. The number of aliphatic hydroxyl groups excluding tert-OH is 1. The van der Waals surface area contributed by atoms with E-state index in [9.17, 15) is 9.90 Å². The molecule has 8 nitrogen and oxygen atoms in total. The molecule has 0 spiro atoms. The maximum absolute atomic E-state index is 13.0. The highest BCUT2D eigenvalue weighted by Gasteiger charge is 2.30. The number of nitrogens with one attached hydrogen (secondary N) is 1. The zero-order valence-corrected chi connectivity index (χ0v) is 18.3. The molecule has 3 aliphatic heterocycles. The van der Waals surface area contributed by atoms with Gasteiger partial charge in [-0.25, -0.2) is 0 Å². The highest BCUT2D eigenvalue weighted by Crippen LogP contribution is 2.35. The first kappa shape index (κ1) is 22.3. The number of aliphatic hydroxyl groups is 1. The monoisotopic (exact) mass is 434 g/mol. The molecule has 0 aliphatic carbocycles. The van der Waals surface area contributed by atoms with Gasteiger partial charge in [0.2, 0.25) is 0 Å². The molecular weight excluding hydrogens is 400 g/mol. The molecule has 0 aromatic heterocycles. The molecular formula is C23H34N2O6. The van der Waals surface area contributed by atoms with Gasteiger partial charge in [-0.2, -0.15) is 0 Å². The Balaban J connectivity index is 1.35. The fourth-order valence-corrected chi connectivity index (χ4v) is 4.59. The van der Waals surface area contributed by atoms with Gasteiger partial charge in [0.1, 0.15) is 0 Å². The minimum absolute atomic E-state index is 0.0302. The van der Waals surface area contributed by atoms with E-state index in [0.717, 1.165) is 50.9 Å². The average Bonchev–Trinajstić information content (AvgIpc) is 3.15. The van der Waals surface area contributed by atoms with Crippen molar-refractivity contribution in [1.29, 1.82) is 0 Å². The molecule has 1 aromatic carbocycles. The molecule has 1 aromatic rings. The average molecular weight is 435 g/mol. The smallest absolute Gasteiger partial charge is 0.255 e. The third-order valence-corrected chi connectivity index (χ3v) is 6.28. The largest absolute Gasteiger partial charge is 0.490 e. The van der Waals surface area contributed by atoms with E-state index in [0.29, 0.717) is 56.1 Å². The number of benzene rings is 1. The van der Waals surface area contributed by atoms with Gasteiger partial charge in [0.15, 0.2) is 11.5 Å². The number of fused-ring (bicyclic) bond motifs is 1. The molecule has 172 valence electrons. The summed E-state index contributed by atoms with van der Waals surface area (Å²) in [6.07, 6.45) is 3.67. The normalized spacial score (nSPS) is 26.5. The van der Waals surface area contributed by atoms with E-state index in [1.165, 1.54) is 0 Å². The van der Waals surface area contributed by atoms with Crippen LogP contribution in [0.5, 0.6) is 11.5 Å². The summed E-state index contributed by atoms with van der Waals surface area (Å²) in [5.41, 5.74) is 1.32. The third kappa shape index (κ3) is 5.68. The van der Waals surface area contributed by atoms with E-state index in [4.69, 9.17) is 18.9 Å². The predicted molar refractivity (Wildman–Crippen MR) is 115 cm³/mol. The summed E-state index contributed by atoms with van der Waals surface area (Å²) in [5.74, 6) is 0.887. The number of hydrogen-bond donors (Lipinski definition) is 2. The molecule has 31 heavy (non-hydrogen) atoms. The van der Waals surface area contributed by atoms with Crippen LogP contribution in [0.3, 0.4) is 0 Å². The zero-order chi connectivity index (χ0) is 21.6. The second kappa shape index (κ2) is 10.6. The summed E-state index contributed by atoms with van der Waals surface area (Å²) in [7, 11) is 1.62. The van der Waals surface area contributed by atoms with Gasteiger partial charge in [-0.1, -0.05) is 0 Å². The molecule has 8 heteroatoms. The van der Waals surface area contributed by atoms with Crippen LogP contribution in [0.1, 0.15) is 41.6 Å². The number of carbonyl (C=O) groups excluding carboxylic acids is 1. The van der Waals surface area contributed by atoms with Gasteiger partial charge in [-0.05, 0) is 43.5 Å². The quantitative estimate of drug-likeness (QED) is 0.674. The van der Waals surface area contributed by atoms with Gasteiger partial charge in [-0.3, -0.25) is 9.69 Å². The molecule has 2 fully saturated rings. The van der Waals surface area contributed by atoms with Gasteiger partial charge >= 0.3 is 0 Å². The maximum atomic E-state index is 13.0. The van der Waals surface area contributed by atoms with E-state index in [1.54, 1.807) is 13.2 Å². The first-order chi connectivity index (χ1) is 15.1. The zero-order valence-electron chi connectivity index (χ0n) is 18.3. The highest BCUT2D eigenvalue weighted by atomic mass is 16.5. The summed E-state index contributed by atoms with van der Waals surface area (Å²) < 4.78 is 22.6. The van der Waals surface area contributed by atoms with Crippen molar-refractivity contribution in [1.82, 2.24) is 10.2 Å². The number of hydrogen-bond acceptors (Lipinski definition) is 7. The lowest BCUT2D eigenvalue weighted by Crippen LogP contribution is -2.49. The number of likely N-dealkylation sites (tertiary alicyclic amines) is 1. The molecule has 3 aliphatic rings. The van der Waals surface area contributed by atoms with Crippen molar-refractivity contribution in [2.45, 2.75) is 44.5 Å². The van der Waals surface area contributed by atoms with Crippen molar-refractivity contribution >= 4 is 5.91 Å². The van der Waals surface area contributed by atoms with Crippen LogP contribution in [0, 0.1) is 5.92 Å². The van der Waals surface area contributed by atoms with Crippen LogP contribution in [0.2, 0.25) is 0 Å². The number of carbonyl (C=O) groups is 1. The lowest BCUT2D eigenvalue weighted by atomic mass is 9.93. The summed E-state index contributed by atoms with van der Waals surface area (Å²) in [6, 6.07) is 3.67. The summed E-state index contributed by atoms with van der Waals surface area (Å²) in [4.78, 5) is 15.3. The van der Waals surface area contributed by atoms with Gasteiger partial charge in [0.05, 0.1) is 37.6 Å². The Labute approximate surface area is 183 Å². The number of β-amino-alcohol motifs (C(OH)–C–C–N with tert-alkyl or cyclic N) is 1. The minimum atomic E-state index is -0.466. The fourth-order valence-electron chi connectivity index (χ4n) is 4.59. The van der Waals surface area contributed by atoms with Gasteiger partial charge in [-0.15, -0.1) is 0 Å². The third-order valence-electron chi connectivity index (χ3n) is 6.28. The van der Waals surface area contributed by atoms with Crippen molar-refractivity contribution in [3.8, 4) is 11.5 Å². The summed E-state index contributed by atoms with van der Waals surface area (Å²) in [5, 5.41) is 13.7. The van der Waals surface area contributed by atoms with Crippen molar-refractivity contribution < 1.29 is 28.8 Å².